The fourth-order valence-electron chi connectivity index (χ4n) is 2.43. The summed E-state index contributed by atoms with van der Waals surface area (Å²) < 4.78 is 17.0. The Morgan fingerprint density at radius 2 is 1.74 bits per heavy atom. The molecule has 4 nitrogen and oxygen atoms in total. The van der Waals surface area contributed by atoms with Crippen molar-refractivity contribution in [3.8, 4) is 0 Å². The lowest BCUT2D eigenvalue weighted by atomic mass is 9.66. The maximum atomic E-state index is 11.8. The molecule has 0 saturated carbocycles. The van der Waals surface area contributed by atoms with Gasteiger partial charge in [-0.05, 0) is 45.4 Å². The number of carbonyl (C=O) groups excluding carboxylic acids is 1. The van der Waals surface area contributed by atoms with Crippen LogP contribution in [0.3, 0.4) is 0 Å². The molecule has 7 heteroatoms. The largest absolute Gasteiger partial charge is 0.469 e. The van der Waals surface area contributed by atoms with Gasteiger partial charge in [0.05, 0.1) is 34.8 Å². The van der Waals surface area contributed by atoms with Gasteiger partial charge >= 0.3 is 13.1 Å². The Kier molecular flexibility index (Phi) is 5.36. The van der Waals surface area contributed by atoms with E-state index in [1.165, 1.54) is 7.11 Å². The molecular formula is C16H21BCl2O4. The predicted octanol–water partition coefficient (Wildman–Crippen LogP) is 4.27. The van der Waals surface area contributed by atoms with E-state index >= 15 is 0 Å². The van der Waals surface area contributed by atoms with Crippen LogP contribution in [0.1, 0.15) is 45.5 Å². The van der Waals surface area contributed by atoms with Crippen molar-refractivity contribution in [3.05, 3.63) is 33.8 Å². The highest BCUT2D eigenvalue weighted by atomic mass is 35.5. The molecule has 0 spiro atoms. The van der Waals surface area contributed by atoms with Crippen LogP contribution in [-0.2, 0) is 18.8 Å². The maximum Gasteiger partial charge on any atom is 0.466 e. The third-order valence-electron chi connectivity index (χ3n) is 4.59. The van der Waals surface area contributed by atoms with E-state index in [0.29, 0.717) is 10.0 Å². The second-order valence-corrected chi connectivity index (χ2v) is 7.50. The number of esters is 1. The third kappa shape index (κ3) is 3.85. The van der Waals surface area contributed by atoms with Crippen LogP contribution >= 0.6 is 23.2 Å². The molecular weight excluding hydrogens is 338 g/mol. The minimum atomic E-state index is -0.573. The molecule has 0 amide bonds. The van der Waals surface area contributed by atoms with Crippen molar-refractivity contribution < 1.29 is 18.8 Å². The minimum Gasteiger partial charge on any atom is -0.469 e. The highest BCUT2D eigenvalue weighted by molar-refractivity contribution is 6.48. The van der Waals surface area contributed by atoms with Gasteiger partial charge in [0, 0.05) is 5.82 Å². The Morgan fingerprint density at radius 3 is 2.22 bits per heavy atom. The second kappa shape index (κ2) is 6.63. The molecule has 0 bridgehead atoms. The van der Waals surface area contributed by atoms with Crippen molar-refractivity contribution in [2.24, 2.45) is 0 Å². The second-order valence-electron chi connectivity index (χ2n) is 6.69. The molecule has 1 unspecified atom stereocenters. The van der Waals surface area contributed by atoms with Gasteiger partial charge in [-0.2, -0.15) is 0 Å². The number of carbonyl (C=O) groups is 1. The SMILES string of the molecule is COC(=O)CC(B1OC(C)(C)C(C)(C)O1)c1ccc(Cl)c(Cl)c1. The number of benzene rings is 1. The van der Waals surface area contributed by atoms with E-state index in [4.69, 9.17) is 37.2 Å². The predicted molar refractivity (Wildman–Crippen MR) is 91.9 cm³/mol. The first-order chi connectivity index (χ1) is 10.6. The van der Waals surface area contributed by atoms with Crippen molar-refractivity contribution in [1.82, 2.24) is 0 Å². The number of rotatable bonds is 4. The van der Waals surface area contributed by atoms with Gasteiger partial charge in [-0.25, -0.2) is 0 Å². The van der Waals surface area contributed by atoms with E-state index in [1.54, 1.807) is 12.1 Å². The van der Waals surface area contributed by atoms with Gasteiger partial charge in [0.25, 0.3) is 0 Å². The molecule has 1 aliphatic heterocycles. The van der Waals surface area contributed by atoms with E-state index in [-0.39, 0.29) is 18.2 Å². The topological polar surface area (TPSA) is 44.8 Å². The number of halogens is 2. The molecule has 126 valence electrons. The van der Waals surface area contributed by atoms with Crippen molar-refractivity contribution >= 4 is 36.3 Å². The molecule has 1 saturated heterocycles. The molecule has 1 aromatic rings. The smallest absolute Gasteiger partial charge is 0.466 e. The fraction of sp³-hybridized carbons (Fsp3) is 0.562. The van der Waals surface area contributed by atoms with Gasteiger partial charge < -0.3 is 14.0 Å². The lowest BCUT2D eigenvalue weighted by Crippen LogP contribution is -2.41. The van der Waals surface area contributed by atoms with E-state index in [2.05, 4.69) is 0 Å². The first-order valence-corrected chi connectivity index (χ1v) is 8.20. The van der Waals surface area contributed by atoms with Crippen LogP contribution in [0.15, 0.2) is 18.2 Å². The summed E-state index contributed by atoms with van der Waals surface area (Å²) in [4.78, 5) is 11.8. The van der Waals surface area contributed by atoms with Gasteiger partial charge in [-0.15, -0.1) is 0 Å². The summed E-state index contributed by atoms with van der Waals surface area (Å²) >= 11 is 12.1. The van der Waals surface area contributed by atoms with Crippen LogP contribution in [0.2, 0.25) is 10.0 Å². The van der Waals surface area contributed by atoms with Gasteiger partial charge in [-0.1, -0.05) is 29.3 Å². The Labute approximate surface area is 147 Å². The number of hydrogen-bond donors (Lipinski definition) is 0. The normalized spacial score (nSPS) is 20.4. The molecule has 0 radical (unpaired) electrons. The van der Waals surface area contributed by atoms with E-state index in [9.17, 15) is 4.79 Å². The van der Waals surface area contributed by atoms with Crippen molar-refractivity contribution in [3.63, 3.8) is 0 Å². The first kappa shape index (κ1) is 18.6. The molecule has 0 N–H and O–H groups in total. The number of ether oxygens (including phenoxy) is 1. The summed E-state index contributed by atoms with van der Waals surface area (Å²) in [5, 5.41) is 0.886. The van der Waals surface area contributed by atoms with Gasteiger partial charge in [0.15, 0.2) is 0 Å². The highest BCUT2D eigenvalue weighted by Crippen LogP contribution is 2.42. The zero-order chi connectivity index (χ0) is 17.4. The Bertz CT molecular complexity index is 588. The summed E-state index contributed by atoms with van der Waals surface area (Å²) in [6.07, 6.45) is 0.130. The summed E-state index contributed by atoms with van der Waals surface area (Å²) in [5.41, 5.74) is -0.145. The third-order valence-corrected chi connectivity index (χ3v) is 5.33. The minimum absolute atomic E-state index is 0.130. The number of hydrogen-bond acceptors (Lipinski definition) is 4. The molecule has 1 fully saturated rings. The Hall–Kier alpha value is -0.745. The van der Waals surface area contributed by atoms with Crippen LogP contribution in [0.5, 0.6) is 0 Å². The zero-order valence-electron chi connectivity index (χ0n) is 14.0. The van der Waals surface area contributed by atoms with Gasteiger partial charge in [0.1, 0.15) is 0 Å². The molecule has 0 aliphatic carbocycles. The zero-order valence-corrected chi connectivity index (χ0v) is 15.5. The van der Waals surface area contributed by atoms with E-state index in [0.717, 1.165) is 5.56 Å². The van der Waals surface area contributed by atoms with E-state index < -0.39 is 18.3 Å². The Morgan fingerprint density at radius 1 is 1.17 bits per heavy atom. The van der Waals surface area contributed by atoms with Crippen LogP contribution in [0.4, 0.5) is 0 Å². The monoisotopic (exact) mass is 358 g/mol. The van der Waals surface area contributed by atoms with Crippen molar-refractivity contribution in [2.45, 2.75) is 51.1 Å². The molecule has 1 aromatic carbocycles. The fourth-order valence-corrected chi connectivity index (χ4v) is 2.74. The van der Waals surface area contributed by atoms with Crippen LogP contribution in [-0.4, -0.2) is 31.4 Å². The summed E-state index contributed by atoms with van der Waals surface area (Å²) in [7, 11) is 0.787. The average molecular weight is 359 g/mol. The highest BCUT2D eigenvalue weighted by Gasteiger charge is 2.54. The number of methoxy groups -OCH3 is 1. The maximum absolute atomic E-state index is 11.8. The quantitative estimate of drug-likeness (QED) is 0.595. The molecule has 1 atom stereocenters. The van der Waals surface area contributed by atoms with Crippen molar-refractivity contribution in [2.75, 3.05) is 7.11 Å². The molecule has 0 aromatic heterocycles. The lowest BCUT2D eigenvalue weighted by Gasteiger charge is -2.32. The molecule has 23 heavy (non-hydrogen) atoms. The first-order valence-electron chi connectivity index (χ1n) is 7.45. The van der Waals surface area contributed by atoms with Crippen LogP contribution in [0.25, 0.3) is 0 Å². The molecule has 1 aliphatic rings. The summed E-state index contributed by atoms with van der Waals surface area (Å²) in [6.45, 7) is 7.88. The lowest BCUT2D eigenvalue weighted by molar-refractivity contribution is -0.140. The summed E-state index contributed by atoms with van der Waals surface area (Å²) in [5.74, 6) is -0.672. The van der Waals surface area contributed by atoms with Crippen molar-refractivity contribution in [1.29, 1.82) is 0 Å². The van der Waals surface area contributed by atoms with Gasteiger partial charge in [0.2, 0.25) is 0 Å². The summed E-state index contributed by atoms with van der Waals surface area (Å²) in [6, 6.07) is 5.27. The molecule has 2 rings (SSSR count). The standard InChI is InChI=1S/C16H21BCl2O4/c1-15(2)16(3,4)23-17(22-15)11(9-14(20)21-5)10-6-7-12(18)13(19)8-10/h6-8,11H,9H2,1-5H3. The Balaban J connectivity index is 2.35. The molecule has 1 heterocycles. The average Bonchev–Trinajstić information content (AvgIpc) is 2.67. The van der Waals surface area contributed by atoms with E-state index in [1.807, 2.05) is 33.8 Å². The van der Waals surface area contributed by atoms with Crippen LogP contribution < -0.4 is 0 Å². The van der Waals surface area contributed by atoms with Crippen LogP contribution in [0, 0.1) is 0 Å². The van der Waals surface area contributed by atoms with Gasteiger partial charge in [-0.3, -0.25) is 4.79 Å².